The van der Waals surface area contributed by atoms with Crippen LogP contribution in [-0.4, -0.2) is 36.0 Å². The molecule has 0 saturated carbocycles. The number of amides is 2. The molecule has 1 unspecified atom stereocenters. The van der Waals surface area contributed by atoms with Gasteiger partial charge in [0.15, 0.2) is 0 Å². The van der Waals surface area contributed by atoms with Gasteiger partial charge in [-0.15, -0.1) is 0 Å². The molecule has 0 spiro atoms. The van der Waals surface area contributed by atoms with Crippen molar-refractivity contribution < 1.29 is 22.8 Å². The fraction of sp³-hybridized carbons (Fsp3) is 0.385. The average Bonchev–Trinajstić information content (AvgIpc) is 2.54. The summed E-state index contributed by atoms with van der Waals surface area (Å²) in [5, 5.41) is 2.41. The highest BCUT2D eigenvalue weighted by Crippen LogP contribution is 2.37. The molecule has 8 heteroatoms. The molecule has 0 fully saturated rings. The average molecular weight is 318 g/mol. The molecule has 2 rings (SSSR count). The lowest BCUT2D eigenvalue weighted by Gasteiger charge is -2.31. The van der Waals surface area contributed by atoms with Gasteiger partial charge in [-0.25, -0.2) is 0 Å². The molecule has 1 aliphatic heterocycles. The van der Waals surface area contributed by atoms with Crippen LogP contribution in [0.3, 0.4) is 0 Å². The first kappa shape index (κ1) is 15.7. The molecular weight excluding hydrogens is 305 g/mol. The SMILES string of the molecule is CSCC(=O)N1c2ccccc2NC(=O)CC1C(F)(F)F. The number of rotatable bonds is 2. The van der Waals surface area contributed by atoms with Crippen molar-refractivity contribution in [3.63, 3.8) is 0 Å². The molecule has 4 nitrogen and oxygen atoms in total. The van der Waals surface area contributed by atoms with Gasteiger partial charge in [-0.3, -0.25) is 14.5 Å². The zero-order chi connectivity index (χ0) is 15.6. The van der Waals surface area contributed by atoms with E-state index in [0.29, 0.717) is 4.90 Å². The van der Waals surface area contributed by atoms with Crippen LogP contribution >= 0.6 is 11.8 Å². The molecule has 1 aliphatic rings. The number of benzene rings is 1. The molecule has 1 aromatic rings. The van der Waals surface area contributed by atoms with Crippen LogP contribution in [0.2, 0.25) is 0 Å². The van der Waals surface area contributed by atoms with Crippen molar-refractivity contribution in [1.82, 2.24) is 0 Å². The van der Waals surface area contributed by atoms with Crippen molar-refractivity contribution in [2.24, 2.45) is 0 Å². The first-order chi connectivity index (χ1) is 9.84. The van der Waals surface area contributed by atoms with Gasteiger partial charge < -0.3 is 5.32 Å². The van der Waals surface area contributed by atoms with Crippen molar-refractivity contribution in [2.45, 2.75) is 18.6 Å². The third-order valence-electron chi connectivity index (χ3n) is 3.04. The van der Waals surface area contributed by atoms with Crippen LogP contribution in [0, 0.1) is 0 Å². The van der Waals surface area contributed by atoms with Crippen molar-refractivity contribution in [2.75, 3.05) is 22.2 Å². The van der Waals surface area contributed by atoms with Crippen LogP contribution in [0.15, 0.2) is 24.3 Å². The zero-order valence-electron chi connectivity index (χ0n) is 11.1. The van der Waals surface area contributed by atoms with Gasteiger partial charge in [0.05, 0.1) is 23.5 Å². The minimum Gasteiger partial charge on any atom is -0.324 e. The molecule has 1 aromatic carbocycles. The highest BCUT2D eigenvalue weighted by atomic mass is 32.2. The molecule has 1 heterocycles. The van der Waals surface area contributed by atoms with Crippen molar-refractivity contribution >= 4 is 35.0 Å². The van der Waals surface area contributed by atoms with Crippen LogP contribution in [0.4, 0.5) is 24.5 Å². The lowest BCUT2D eigenvalue weighted by Crippen LogP contribution is -2.50. The van der Waals surface area contributed by atoms with Gasteiger partial charge in [0.2, 0.25) is 11.8 Å². The predicted octanol–water partition coefficient (Wildman–Crippen LogP) is 2.66. The zero-order valence-corrected chi connectivity index (χ0v) is 11.9. The number of hydrogen-bond acceptors (Lipinski definition) is 3. The smallest absolute Gasteiger partial charge is 0.324 e. The van der Waals surface area contributed by atoms with Crippen molar-refractivity contribution in [3.8, 4) is 0 Å². The molecular formula is C13H13F3N2O2S. The van der Waals surface area contributed by atoms with E-state index in [2.05, 4.69) is 5.32 Å². The number of carbonyl (C=O) groups excluding carboxylic acids is 2. The molecule has 0 aromatic heterocycles. The monoisotopic (exact) mass is 318 g/mol. The number of nitrogens with one attached hydrogen (secondary N) is 1. The maximum Gasteiger partial charge on any atom is 0.409 e. The number of thioether (sulfide) groups is 1. The van der Waals surface area contributed by atoms with E-state index in [0.717, 1.165) is 11.8 Å². The number of anilines is 2. The Labute approximate surface area is 123 Å². The third-order valence-corrected chi connectivity index (χ3v) is 3.58. The summed E-state index contributed by atoms with van der Waals surface area (Å²) in [5.41, 5.74) is 0.286. The number of alkyl halides is 3. The van der Waals surface area contributed by atoms with Gasteiger partial charge in [0.25, 0.3) is 0 Å². The van der Waals surface area contributed by atoms with Crippen LogP contribution < -0.4 is 10.2 Å². The minimum absolute atomic E-state index is 0.0738. The summed E-state index contributed by atoms with van der Waals surface area (Å²) in [4.78, 5) is 24.5. The Kier molecular flexibility index (Phi) is 4.46. The number of hydrogen-bond donors (Lipinski definition) is 1. The van der Waals surface area contributed by atoms with Gasteiger partial charge in [-0.2, -0.15) is 24.9 Å². The van der Waals surface area contributed by atoms with Gasteiger partial charge in [0, 0.05) is 0 Å². The fourth-order valence-corrected chi connectivity index (χ4v) is 2.57. The van der Waals surface area contributed by atoms with E-state index >= 15 is 0 Å². The van der Waals surface area contributed by atoms with Gasteiger partial charge in [0.1, 0.15) is 6.04 Å². The molecule has 0 saturated heterocycles. The molecule has 0 radical (unpaired) electrons. The maximum absolute atomic E-state index is 13.3. The number of halogens is 3. The standard InChI is InChI=1S/C13H13F3N2O2S/c1-21-7-12(20)18-9-5-3-2-4-8(9)17-11(19)6-10(18)13(14,15)16/h2-5,10H,6-7H2,1H3,(H,17,19). The van der Waals surface area contributed by atoms with Crippen LogP contribution in [0.25, 0.3) is 0 Å². The van der Waals surface area contributed by atoms with Gasteiger partial charge in [-0.05, 0) is 18.4 Å². The summed E-state index contributed by atoms with van der Waals surface area (Å²) in [7, 11) is 0. The van der Waals surface area contributed by atoms with E-state index in [-0.39, 0.29) is 17.1 Å². The number of nitrogens with zero attached hydrogens (tertiary/aromatic N) is 1. The summed E-state index contributed by atoms with van der Waals surface area (Å²) in [6.45, 7) is 0. The highest BCUT2D eigenvalue weighted by molar-refractivity contribution is 7.99. The number of carbonyl (C=O) groups is 2. The number of para-hydroxylation sites is 2. The third kappa shape index (κ3) is 3.31. The normalized spacial score (nSPS) is 18.8. The molecule has 114 valence electrons. The minimum atomic E-state index is -4.68. The molecule has 0 aliphatic carbocycles. The van der Waals surface area contributed by atoms with E-state index < -0.39 is 30.5 Å². The van der Waals surface area contributed by atoms with Crippen molar-refractivity contribution in [3.05, 3.63) is 24.3 Å². The van der Waals surface area contributed by atoms with E-state index in [1.807, 2.05) is 0 Å². The Morgan fingerprint density at radius 1 is 1.43 bits per heavy atom. The number of fused-ring (bicyclic) bond motifs is 1. The lowest BCUT2D eigenvalue weighted by molar-refractivity contribution is -0.157. The Bertz CT molecular complexity index is 563. The van der Waals surface area contributed by atoms with E-state index in [1.54, 1.807) is 12.3 Å². The van der Waals surface area contributed by atoms with Crippen molar-refractivity contribution in [1.29, 1.82) is 0 Å². The van der Waals surface area contributed by atoms with Crippen LogP contribution in [-0.2, 0) is 9.59 Å². The second-order valence-corrected chi connectivity index (χ2v) is 5.39. The van der Waals surface area contributed by atoms with Gasteiger partial charge in [-0.1, -0.05) is 12.1 Å². The Hall–Kier alpha value is -1.70. The second kappa shape index (κ2) is 5.97. The highest BCUT2D eigenvalue weighted by Gasteiger charge is 2.48. The molecule has 1 N–H and O–H groups in total. The second-order valence-electron chi connectivity index (χ2n) is 4.52. The van der Waals surface area contributed by atoms with Crippen LogP contribution in [0.1, 0.15) is 6.42 Å². The van der Waals surface area contributed by atoms with Gasteiger partial charge >= 0.3 is 6.18 Å². The Morgan fingerprint density at radius 2 is 2.10 bits per heavy atom. The summed E-state index contributed by atoms with van der Waals surface area (Å²) in [6, 6.07) is 3.84. The lowest BCUT2D eigenvalue weighted by atomic mass is 10.1. The van der Waals surface area contributed by atoms with E-state index in [4.69, 9.17) is 0 Å². The summed E-state index contributed by atoms with van der Waals surface area (Å²) < 4.78 is 39.8. The summed E-state index contributed by atoms with van der Waals surface area (Å²) in [6.07, 6.45) is -3.85. The van der Waals surface area contributed by atoms with E-state index in [1.165, 1.54) is 18.2 Å². The first-order valence-electron chi connectivity index (χ1n) is 6.11. The predicted molar refractivity (Wildman–Crippen MR) is 75.4 cm³/mol. The topological polar surface area (TPSA) is 49.4 Å². The molecule has 1 atom stereocenters. The molecule has 2 amide bonds. The largest absolute Gasteiger partial charge is 0.409 e. The summed E-state index contributed by atoms with van der Waals surface area (Å²) in [5.74, 6) is -1.52. The fourth-order valence-electron chi connectivity index (χ4n) is 2.19. The maximum atomic E-state index is 13.3. The van der Waals surface area contributed by atoms with Crippen LogP contribution in [0.5, 0.6) is 0 Å². The first-order valence-corrected chi connectivity index (χ1v) is 7.50. The summed E-state index contributed by atoms with van der Waals surface area (Å²) >= 11 is 1.13. The molecule has 21 heavy (non-hydrogen) atoms. The Balaban J connectivity index is 2.55. The quantitative estimate of drug-likeness (QED) is 0.912. The molecule has 0 bridgehead atoms. The Morgan fingerprint density at radius 3 is 2.71 bits per heavy atom. The van der Waals surface area contributed by atoms with E-state index in [9.17, 15) is 22.8 Å².